The van der Waals surface area contributed by atoms with Gasteiger partial charge in [-0.25, -0.2) is 0 Å². The molecule has 1 unspecified atom stereocenters. The van der Waals surface area contributed by atoms with Crippen LogP contribution in [0.5, 0.6) is 0 Å². The zero-order chi connectivity index (χ0) is 12.4. The maximum atomic E-state index is 11.1. The van der Waals surface area contributed by atoms with Gasteiger partial charge in [0.25, 0.3) is 0 Å². The van der Waals surface area contributed by atoms with Crippen molar-refractivity contribution in [3.05, 3.63) is 0 Å². The molecule has 0 spiro atoms. The van der Waals surface area contributed by atoms with Gasteiger partial charge >= 0.3 is 5.97 Å². The van der Waals surface area contributed by atoms with E-state index in [1.807, 2.05) is 0 Å². The number of likely N-dealkylation sites (tertiary alicyclic amines) is 2. The lowest BCUT2D eigenvalue weighted by molar-refractivity contribution is -0.142. The lowest BCUT2D eigenvalue weighted by Crippen LogP contribution is -2.35. The molecule has 2 aliphatic heterocycles. The van der Waals surface area contributed by atoms with Crippen LogP contribution < -0.4 is 0 Å². The molecule has 2 heterocycles. The predicted octanol–water partition coefficient (Wildman–Crippen LogP) is 1.12. The molecule has 2 aliphatic rings. The summed E-state index contributed by atoms with van der Waals surface area (Å²) in [5, 5.41) is 9.16. The number of carboxylic acids is 1. The molecule has 2 rings (SSSR count). The first-order valence-electron chi connectivity index (χ1n) is 6.73. The van der Waals surface area contributed by atoms with Crippen LogP contribution in [0.3, 0.4) is 0 Å². The lowest BCUT2D eigenvalue weighted by atomic mass is 9.99. The number of hydrogen-bond donors (Lipinski definition) is 1. The highest BCUT2D eigenvalue weighted by Crippen LogP contribution is 2.28. The van der Waals surface area contributed by atoms with Gasteiger partial charge in [0, 0.05) is 19.1 Å². The summed E-state index contributed by atoms with van der Waals surface area (Å²) < 4.78 is 0. The minimum absolute atomic E-state index is 0.156. The number of aliphatic carboxylic acids is 1. The summed E-state index contributed by atoms with van der Waals surface area (Å²) in [6.45, 7) is 6.12. The topological polar surface area (TPSA) is 43.8 Å². The predicted molar refractivity (Wildman–Crippen MR) is 67.0 cm³/mol. The largest absolute Gasteiger partial charge is 0.481 e. The van der Waals surface area contributed by atoms with E-state index in [9.17, 15) is 4.79 Å². The highest BCUT2D eigenvalue weighted by Gasteiger charge is 2.37. The van der Waals surface area contributed by atoms with E-state index in [1.54, 1.807) is 0 Å². The first kappa shape index (κ1) is 12.8. The molecule has 4 nitrogen and oxygen atoms in total. The van der Waals surface area contributed by atoms with Crippen LogP contribution in [-0.2, 0) is 4.79 Å². The molecule has 2 saturated heterocycles. The van der Waals surface area contributed by atoms with Gasteiger partial charge in [-0.15, -0.1) is 0 Å². The SMILES string of the molecule is C[C@@H]1CN(C2CCCN(C)CC2)C[C@H]1C(=O)O. The van der Waals surface area contributed by atoms with E-state index < -0.39 is 5.97 Å². The minimum Gasteiger partial charge on any atom is -0.481 e. The van der Waals surface area contributed by atoms with Crippen molar-refractivity contribution in [2.24, 2.45) is 11.8 Å². The van der Waals surface area contributed by atoms with Crippen LogP contribution in [0.15, 0.2) is 0 Å². The van der Waals surface area contributed by atoms with Crippen molar-refractivity contribution in [3.8, 4) is 0 Å². The summed E-state index contributed by atoms with van der Waals surface area (Å²) in [5.41, 5.74) is 0. The molecular formula is C13H24N2O2. The van der Waals surface area contributed by atoms with E-state index in [0.29, 0.717) is 12.0 Å². The number of carboxylic acid groups (broad SMARTS) is 1. The average Bonchev–Trinajstić information content (AvgIpc) is 2.52. The molecule has 0 amide bonds. The second-order valence-electron chi connectivity index (χ2n) is 5.76. The van der Waals surface area contributed by atoms with E-state index >= 15 is 0 Å². The van der Waals surface area contributed by atoms with Crippen LogP contribution in [-0.4, -0.2) is 60.1 Å². The van der Waals surface area contributed by atoms with Crippen LogP contribution in [0.1, 0.15) is 26.2 Å². The Morgan fingerprint density at radius 2 is 2.00 bits per heavy atom. The third kappa shape index (κ3) is 2.99. The molecule has 0 aliphatic carbocycles. The minimum atomic E-state index is -0.620. The normalized spacial score (nSPS) is 36.9. The van der Waals surface area contributed by atoms with Gasteiger partial charge in [-0.05, 0) is 45.3 Å². The zero-order valence-corrected chi connectivity index (χ0v) is 10.9. The van der Waals surface area contributed by atoms with Gasteiger partial charge in [-0.1, -0.05) is 6.92 Å². The Morgan fingerprint density at radius 3 is 2.65 bits per heavy atom. The van der Waals surface area contributed by atoms with Crippen molar-refractivity contribution in [2.45, 2.75) is 32.2 Å². The van der Waals surface area contributed by atoms with Crippen LogP contribution >= 0.6 is 0 Å². The molecule has 0 aromatic rings. The van der Waals surface area contributed by atoms with Gasteiger partial charge in [-0.3, -0.25) is 9.69 Å². The second kappa shape index (κ2) is 5.36. The molecule has 0 radical (unpaired) electrons. The van der Waals surface area contributed by atoms with Gasteiger partial charge in [0.05, 0.1) is 5.92 Å². The molecule has 2 fully saturated rings. The van der Waals surface area contributed by atoms with Gasteiger partial charge in [0.15, 0.2) is 0 Å². The Bertz CT molecular complexity index is 283. The Balaban J connectivity index is 1.93. The van der Waals surface area contributed by atoms with Gasteiger partial charge < -0.3 is 10.0 Å². The first-order chi connectivity index (χ1) is 8.08. The van der Waals surface area contributed by atoms with Crippen molar-refractivity contribution in [1.82, 2.24) is 9.80 Å². The van der Waals surface area contributed by atoms with E-state index in [0.717, 1.165) is 19.6 Å². The molecular weight excluding hydrogens is 216 g/mol. The van der Waals surface area contributed by atoms with Crippen LogP contribution in [0.4, 0.5) is 0 Å². The van der Waals surface area contributed by atoms with Crippen molar-refractivity contribution < 1.29 is 9.90 Å². The number of hydrogen-bond acceptors (Lipinski definition) is 3. The summed E-state index contributed by atoms with van der Waals surface area (Å²) in [4.78, 5) is 15.9. The van der Waals surface area contributed by atoms with E-state index in [2.05, 4.69) is 23.8 Å². The third-order valence-electron chi connectivity index (χ3n) is 4.40. The molecule has 1 N–H and O–H groups in total. The summed E-state index contributed by atoms with van der Waals surface area (Å²) in [7, 11) is 2.18. The number of carbonyl (C=O) groups is 1. The number of rotatable bonds is 2. The van der Waals surface area contributed by atoms with E-state index in [-0.39, 0.29) is 5.92 Å². The van der Waals surface area contributed by atoms with E-state index in [1.165, 1.54) is 25.8 Å². The maximum absolute atomic E-state index is 11.1. The maximum Gasteiger partial charge on any atom is 0.308 e. The molecule has 0 bridgehead atoms. The molecule has 3 atom stereocenters. The molecule has 4 heteroatoms. The fraction of sp³-hybridized carbons (Fsp3) is 0.923. The number of nitrogens with zero attached hydrogens (tertiary/aromatic N) is 2. The highest BCUT2D eigenvalue weighted by molar-refractivity contribution is 5.71. The highest BCUT2D eigenvalue weighted by atomic mass is 16.4. The van der Waals surface area contributed by atoms with Gasteiger partial charge in [0.2, 0.25) is 0 Å². The fourth-order valence-corrected chi connectivity index (χ4v) is 3.21. The Labute approximate surface area is 104 Å². The molecule has 17 heavy (non-hydrogen) atoms. The molecule has 0 saturated carbocycles. The standard InChI is InChI=1S/C13H24N2O2/c1-10-8-15(9-12(10)13(16)17)11-4-3-6-14(2)7-5-11/h10-12H,3-9H2,1-2H3,(H,16,17)/t10-,11?,12-/m1/s1. The smallest absolute Gasteiger partial charge is 0.308 e. The van der Waals surface area contributed by atoms with Gasteiger partial charge in [-0.2, -0.15) is 0 Å². The monoisotopic (exact) mass is 240 g/mol. The summed E-state index contributed by atoms with van der Waals surface area (Å²) in [6.07, 6.45) is 3.66. The summed E-state index contributed by atoms with van der Waals surface area (Å²) in [5.74, 6) is -0.477. The van der Waals surface area contributed by atoms with Crippen LogP contribution in [0.2, 0.25) is 0 Å². The molecule has 0 aromatic carbocycles. The van der Waals surface area contributed by atoms with Gasteiger partial charge in [0.1, 0.15) is 0 Å². The van der Waals surface area contributed by atoms with Crippen LogP contribution in [0, 0.1) is 11.8 Å². The summed E-state index contributed by atoms with van der Waals surface area (Å²) in [6, 6.07) is 0.603. The van der Waals surface area contributed by atoms with Crippen molar-refractivity contribution in [3.63, 3.8) is 0 Å². The Morgan fingerprint density at radius 1 is 1.24 bits per heavy atom. The fourth-order valence-electron chi connectivity index (χ4n) is 3.21. The van der Waals surface area contributed by atoms with Crippen LogP contribution in [0.25, 0.3) is 0 Å². The van der Waals surface area contributed by atoms with Crippen molar-refractivity contribution >= 4 is 5.97 Å². The second-order valence-corrected chi connectivity index (χ2v) is 5.76. The molecule has 0 aromatic heterocycles. The first-order valence-corrected chi connectivity index (χ1v) is 6.73. The quantitative estimate of drug-likeness (QED) is 0.785. The van der Waals surface area contributed by atoms with E-state index in [4.69, 9.17) is 5.11 Å². The molecule has 98 valence electrons. The lowest BCUT2D eigenvalue weighted by Gasteiger charge is -2.26. The van der Waals surface area contributed by atoms with Crippen molar-refractivity contribution in [1.29, 1.82) is 0 Å². The summed E-state index contributed by atoms with van der Waals surface area (Å²) >= 11 is 0. The van der Waals surface area contributed by atoms with Crippen molar-refractivity contribution in [2.75, 3.05) is 33.2 Å². The average molecular weight is 240 g/mol. The Hall–Kier alpha value is -0.610. The Kier molecular flexibility index (Phi) is 4.05. The zero-order valence-electron chi connectivity index (χ0n) is 10.9. The third-order valence-corrected chi connectivity index (χ3v) is 4.40.